The molecule has 0 amide bonds. The summed E-state index contributed by atoms with van der Waals surface area (Å²) >= 11 is 5.76. The summed E-state index contributed by atoms with van der Waals surface area (Å²) in [4.78, 5) is 0.174. The first-order chi connectivity index (χ1) is 7.99. The second-order valence-electron chi connectivity index (χ2n) is 4.31. The number of hydrogen-bond acceptors (Lipinski definition) is 3. The maximum Gasteiger partial charge on any atom is 0.240 e. The maximum absolute atomic E-state index is 11.9. The van der Waals surface area contributed by atoms with Crippen molar-refractivity contribution in [3.05, 3.63) is 29.3 Å². The van der Waals surface area contributed by atoms with Crippen LogP contribution in [0.25, 0.3) is 0 Å². The van der Waals surface area contributed by atoms with E-state index in [1.165, 1.54) is 12.1 Å². The van der Waals surface area contributed by atoms with E-state index in [9.17, 15) is 8.42 Å². The summed E-state index contributed by atoms with van der Waals surface area (Å²) in [5.74, 6) is 0.470. The minimum Gasteiger partial charge on any atom is -0.326 e. The third kappa shape index (κ3) is 4.10. The molecule has 0 saturated heterocycles. The summed E-state index contributed by atoms with van der Waals surface area (Å²) < 4.78 is 26.3. The number of benzene rings is 1. The van der Waals surface area contributed by atoms with Crippen LogP contribution in [0.4, 0.5) is 0 Å². The Morgan fingerprint density at radius 1 is 1.44 bits per heavy atom. The standard InChI is InChI=1S/C11H15ClN2O2S.ClH/c12-9-2-1-3-10(6-9)17(15,16)14-7-11(13)8-4-5-8;/h1-3,6,8,11,14H,4-5,7,13H2;1H. The van der Waals surface area contributed by atoms with E-state index in [1.54, 1.807) is 12.1 Å². The first-order valence-corrected chi connectivity index (χ1v) is 7.36. The third-order valence-electron chi connectivity index (χ3n) is 2.84. The molecule has 0 spiro atoms. The Balaban J connectivity index is 0.00000162. The molecule has 3 N–H and O–H groups in total. The average Bonchev–Trinajstić information content (AvgIpc) is 3.10. The SMILES string of the molecule is Cl.NC(CNS(=O)(=O)c1cccc(Cl)c1)C1CC1. The smallest absolute Gasteiger partial charge is 0.240 e. The summed E-state index contributed by atoms with van der Waals surface area (Å²) in [6.07, 6.45) is 2.19. The summed E-state index contributed by atoms with van der Waals surface area (Å²) in [6, 6.07) is 6.08. The van der Waals surface area contributed by atoms with Crippen molar-refractivity contribution in [1.82, 2.24) is 4.72 Å². The van der Waals surface area contributed by atoms with Crippen LogP contribution in [0.2, 0.25) is 5.02 Å². The van der Waals surface area contributed by atoms with Crippen LogP contribution in [0.5, 0.6) is 0 Å². The van der Waals surface area contributed by atoms with Gasteiger partial charge in [0, 0.05) is 17.6 Å². The third-order valence-corrected chi connectivity index (χ3v) is 4.50. The van der Waals surface area contributed by atoms with Crippen molar-refractivity contribution in [3.63, 3.8) is 0 Å². The molecule has 102 valence electrons. The fraction of sp³-hybridized carbons (Fsp3) is 0.455. The molecule has 0 bridgehead atoms. The molecule has 0 aromatic heterocycles. The quantitative estimate of drug-likeness (QED) is 0.870. The molecule has 18 heavy (non-hydrogen) atoms. The highest BCUT2D eigenvalue weighted by Gasteiger charge is 2.29. The normalized spacial score (nSPS) is 17.0. The van der Waals surface area contributed by atoms with Gasteiger partial charge in [-0.3, -0.25) is 0 Å². The molecule has 1 saturated carbocycles. The van der Waals surface area contributed by atoms with Crippen LogP contribution in [-0.4, -0.2) is 21.0 Å². The molecular formula is C11H16Cl2N2O2S. The van der Waals surface area contributed by atoms with Gasteiger partial charge in [-0.1, -0.05) is 17.7 Å². The number of rotatable bonds is 5. The summed E-state index contributed by atoms with van der Waals surface area (Å²) in [6.45, 7) is 0.277. The lowest BCUT2D eigenvalue weighted by Crippen LogP contribution is -2.38. The van der Waals surface area contributed by atoms with E-state index in [0.717, 1.165) is 12.8 Å². The van der Waals surface area contributed by atoms with Crippen molar-refractivity contribution < 1.29 is 8.42 Å². The molecular weight excluding hydrogens is 295 g/mol. The van der Waals surface area contributed by atoms with Gasteiger partial charge >= 0.3 is 0 Å². The van der Waals surface area contributed by atoms with Crippen LogP contribution in [0.1, 0.15) is 12.8 Å². The van der Waals surface area contributed by atoms with Crippen LogP contribution < -0.4 is 10.5 Å². The second kappa shape index (κ2) is 6.21. The molecule has 1 fully saturated rings. The number of nitrogens with one attached hydrogen (secondary N) is 1. The molecule has 1 aliphatic carbocycles. The highest BCUT2D eigenvalue weighted by Crippen LogP contribution is 2.31. The molecule has 0 radical (unpaired) electrons. The molecule has 1 atom stereocenters. The number of halogens is 2. The largest absolute Gasteiger partial charge is 0.326 e. The minimum absolute atomic E-state index is 0. The summed E-state index contributed by atoms with van der Waals surface area (Å²) in [7, 11) is -3.50. The van der Waals surface area contributed by atoms with E-state index in [2.05, 4.69) is 4.72 Å². The van der Waals surface area contributed by atoms with E-state index in [0.29, 0.717) is 10.9 Å². The lowest BCUT2D eigenvalue weighted by Gasteiger charge is -2.12. The van der Waals surface area contributed by atoms with Crippen LogP contribution >= 0.6 is 24.0 Å². The van der Waals surface area contributed by atoms with Crippen LogP contribution in [0, 0.1) is 5.92 Å². The maximum atomic E-state index is 11.9. The molecule has 4 nitrogen and oxygen atoms in total. The highest BCUT2D eigenvalue weighted by atomic mass is 35.5. The van der Waals surface area contributed by atoms with Crippen molar-refractivity contribution in [3.8, 4) is 0 Å². The van der Waals surface area contributed by atoms with E-state index in [-0.39, 0.29) is 29.9 Å². The van der Waals surface area contributed by atoms with Crippen LogP contribution in [-0.2, 0) is 10.0 Å². The fourth-order valence-corrected chi connectivity index (χ4v) is 2.99. The van der Waals surface area contributed by atoms with Gasteiger partial charge in [-0.15, -0.1) is 12.4 Å². The van der Waals surface area contributed by atoms with Gasteiger partial charge in [-0.25, -0.2) is 13.1 Å². The van der Waals surface area contributed by atoms with Gasteiger partial charge in [0.25, 0.3) is 0 Å². The van der Waals surface area contributed by atoms with Crippen molar-refractivity contribution in [2.24, 2.45) is 11.7 Å². The predicted molar refractivity (Wildman–Crippen MR) is 74.6 cm³/mol. The lowest BCUT2D eigenvalue weighted by atomic mass is 10.2. The van der Waals surface area contributed by atoms with Crippen molar-refractivity contribution >= 4 is 34.0 Å². The Hall–Kier alpha value is -0.330. The van der Waals surface area contributed by atoms with Gasteiger partial charge in [-0.2, -0.15) is 0 Å². The predicted octanol–water partition coefficient (Wildman–Crippen LogP) is 1.78. The lowest BCUT2D eigenvalue weighted by molar-refractivity contribution is 0.548. The minimum atomic E-state index is -3.50. The first kappa shape index (κ1) is 15.7. The average molecular weight is 311 g/mol. The van der Waals surface area contributed by atoms with Crippen molar-refractivity contribution in [1.29, 1.82) is 0 Å². The topological polar surface area (TPSA) is 72.2 Å². The van der Waals surface area contributed by atoms with Gasteiger partial charge in [-0.05, 0) is 37.0 Å². The number of nitrogens with two attached hydrogens (primary N) is 1. The fourth-order valence-electron chi connectivity index (χ4n) is 1.61. The van der Waals surface area contributed by atoms with Crippen LogP contribution in [0.15, 0.2) is 29.2 Å². The molecule has 0 aliphatic heterocycles. The first-order valence-electron chi connectivity index (χ1n) is 5.50. The molecule has 1 unspecified atom stereocenters. The van der Waals surface area contributed by atoms with Gasteiger partial charge in [0.15, 0.2) is 0 Å². The van der Waals surface area contributed by atoms with E-state index in [1.807, 2.05) is 0 Å². The van der Waals surface area contributed by atoms with E-state index >= 15 is 0 Å². The molecule has 1 aliphatic rings. The Kier molecular flexibility index (Phi) is 5.43. The van der Waals surface area contributed by atoms with Gasteiger partial charge < -0.3 is 5.73 Å². The number of hydrogen-bond donors (Lipinski definition) is 2. The summed E-state index contributed by atoms with van der Waals surface area (Å²) in [5, 5.41) is 0.402. The van der Waals surface area contributed by atoms with Crippen molar-refractivity contribution in [2.45, 2.75) is 23.8 Å². The van der Waals surface area contributed by atoms with Gasteiger partial charge in [0.1, 0.15) is 0 Å². The monoisotopic (exact) mass is 310 g/mol. The molecule has 1 aromatic rings. The van der Waals surface area contributed by atoms with Crippen molar-refractivity contribution in [2.75, 3.05) is 6.54 Å². The van der Waals surface area contributed by atoms with E-state index < -0.39 is 10.0 Å². The molecule has 7 heteroatoms. The van der Waals surface area contributed by atoms with Crippen LogP contribution in [0.3, 0.4) is 0 Å². The highest BCUT2D eigenvalue weighted by molar-refractivity contribution is 7.89. The van der Waals surface area contributed by atoms with Gasteiger partial charge in [0.05, 0.1) is 4.90 Å². The Morgan fingerprint density at radius 3 is 2.67 bits per heavy atom. The second-order valence-corrected chi connectivity index (χ2v) is 6.51. The zero-order chi connectivity index (χ0) is 12.5. The molecule has 2 rings (SSSR count). The van der Waals surface area contributed by atoms with Gasteiger partial charge in [0.2, 0.25) is 10.0 Å². The zero-order valence-electron chi connectivity index (χ0n) is 9.67. The Labute approximate surface area is 118 Å². The molecule has 1 aromatic carbocycles. The molecule has 0 heterocycles. The zero-order valence-corrected chi connectivity index (χ0v) is 12.1. The Bertz CT molecular complexity index is 504. The summed E-state index contributed by atoms with van der Waals surface area (Å²) in [5.41, 5.74) is 5.84. The van der Waals surface area contributed by atoms with E-state index in [4.69, 9.17) is 17.3 Å². The Morgan fingerprint density at radius 2 is 2.11 bits per heavy atom. The number of sulfonamides is 1.